The number of hydrogen-bond donors (Lipinski definition) is 2. The van der Waals surface area contributed by atoms with Crippen molar-refractivity contribution in [1.29, 1.82) is 0 Å². The molecule has 2 N–H and O–H groups in total. The number of β-lactam (4-membered cyclic amide) rings is 1. The molecule has 1 fully saturated rings. The zero-order valence-electron chi connectivity index (χ0n) is 17.0. The number of rotatable bonds is 6. The predicted octanol–water partition coefficient (Wildman–Crippen LogP) is 1.59. The predicted molar refractivity (Wildman–Crippen MR) is 109 cm³/mol. The molecule has 30 heavy (non-hydrogen) atoms. The maximum absolute atomic E-state index is 13.0. The van der Waals surface area contributed by atoms with Crippen LogP contribution in [0.3, 0.4) is 0 Å². The van der Waals surface area contributed by atoms with Crippen LogP contribution in [0, 0.1) is 13.8 Å². The number of benzene rings is 1. The Morgan fingerprint density at radius 2 is 2.00 bits per heavy atom. The van der Waals surface area contributed by atoms with Crippen molar-refractivity contribution in [3.05, 3.63) is 40.1 Å². The number of esters is 1. The number of ether oxygens (including phenoxy) is 2. The summed E-state index contributed by atoms with van der Waals surface area (Å²) in [7, 11) is 1.35. The molecular formula is C20H22N2O7S. The summed E-state index contributed by atoms with van der Waals surface area (Å²) >= 11 is 1.29. The maximum Gasteiger partial charge on any atom is 0.352 e. The molecule has 160 valence electrons. The molecule has 0 bridgehead atoms. The number of phenols is 1. The largest absolute Gasteiger partial charge is 0.507 e. The first-order valence-electron chi connectivity index (χ1n) is 9.07. The van der Waals surface area contributed by atoms with Gasteiger partial charge in [-0.15, -0.1) is 11.8 Å². The van der Waals surface area contributed by atoms with Gasteiger partial charge in [0, 0.05) is 31.6 Å². The fraction of sp³-hybridized carbons (Fsp3) is 0.400. The van der Waals surface area contributed by atoms with E-state index in [1.165, 1.54) is 32.0 Å². The highest BCUT2D eigenvalue weighted by Gasteiger charge is 2.66. The number of fused-ring (bicyclic) bond motifs is 1. The van der Waals surface area contributed by atoms with Gasteiger partial charge >= 0.3 is 11.9 Å². The van der Waals surface area contributed by atoms with Crippen LogP contribution in [-0.4, -0.2) is 69.7 Å². The molecule has 9 nitrogen and oxygen atoms in total. The Morgan fingerprint density at radius 3 is 2.53 bits per heavy atom. The second-order valence-corrected chi connectivity index (χ2v) is 8.11. The average molecular weight is 434 g/mol. The number of carboxylic acid groups (broad SMARTS) is 1. The van der Waals surface area contributed by atoms with E-state index in [9.17, 15) is 24.6 Å². The normalized spacial score (nSPS) is 23.4. The van der Waals surface area contributed by atoms with Gasteiger partial charge in [0.2, 0.25) is 0 Å². The molecule has 1 saturated heterocycles. The number of aliphatic carboxylic acids is 1. The van der Waals surface area contributed by atoms with E-state index in [-0.39, 0.29) is 23.8 Å². The summed E-state index contributed by atoms with van der Waals surface area (Å²) < 4.78 is 10.4. The highest BCUT2D eigenvalue weighted by molar-refractivity contribution is 8.00. The average Bonchev–Trinajstić information content (AvgIpc) is 2.69. The number of amides is 1. The summed E-state index contributed by atoms with van der Waals surface area (Å²) in [4.78, 5) is 41.4. The standard InChI is InChI=1S/C20H22N2O7S/c1-10-5-13(6-11(2)16(10)24)7-21-20(28-4)18(27)22-15(17(25)26)14(8-29-12(3)23)9-30-19(20)22/h5-7,19,24H,8-9H2,1-4H3,(H,25,26)/t19-,20+/m1/s1. The van der Waals surface area contributed by atoms with Crippen molar-refractivity contribution in [1.82, 2.24) is 4.90 Å². The number of aliphatic imine (C=N–C) groups is 1. The van der Waals surface area contributed by atoms with E-state index in [0.717, 1.165) is 4.90 Å². The molecule has 1 aromatic rings. The third-order valence-electron chi connectivity index (χ3n) is 4.97. The second kappa shape index (κ2) is 8.11. The summed E-state index contributed by atoms with van der Waals surface area (Å²) in [5.74, 6) is -1.98. The minimum absolute atomic E-state index is 0.193. The first-order valence-corrected chi connectivity index (χ1v) is 10.1. The molecule has 0 radical (unpaired) electrons. The Bertz CT molecular complexity index is 964. The molecule has 2 aliphatic rings. The van der Waals surface area contributed by atoms with Gasteiger partial charge in [-0.25, -0.2) is 9.79 Å². The van der Waals surface area contributed by atoms with Gasteiger partial charge in [-0.1, -0.05) is 0 Å². The highest BCUT2D eigenvalue weighted by atomic mass is 32.2. The van der Waals surface area contributed by atoms with Crippen molar-refractivity contribution in [2.45, 2.75) is 31.9 Å². The van der Waals surface area contributed by atoms with Gasteiger partial charge < -0.3 is 19.7 Å². The van der Waals surface area contributed by atoms with Crippen LogP contribution in [0.15, 0.2) is 28.4 Å². The van der Waals surface area contributed by atoms with E-state index in [1.807, 2.05) is 0 Å². The lowest BCUT2D eigenvalue weighted by atomic mass is 9.98. The van der Waals surface area contributed by atoms with E-state index in [0.29, 0.717) is 22.3 Å². The number of aromatic hydroxyl groups is 1. The Balaban J connectivity index is 1.92. The second-order valence-electron chi connectivity index (χ2n) is 7.04. The number of carbonyl (C=O) groups is 3. The topological polar surface area (TPSA) is 126 Å². The van der Waals surface area contributed by atoms with E-state index < -0.39 is 28.9 Å². The highest BCUT2D eigenvalue weighted by Crippen LogP contribution is 2.48. The van der Waals surface area contributed by atoms with Crippen molar-refractivity contribution in [3.63, 3.8) is 0 Å². The van der Waals surface area contributed by atoms with Crippen molar-refractivity contribution in [3.8, 4) is 5.75 Å². The molecule has 3 rings (SSSR count). The van der Waals surface area contributed by atoms with Crippen molar-refractivity contribution in [2.75, 3.05) is 19.5 Å². The summed E-state index contributed by atoms with van der Waals surface area (Å²) in [5.41, 5.74) is 0.592. The molecule has 10 heteroatoms. The van der Waals surface area contributed by atoms with Crippen LogP contribution in [0.5, 0.6) is 5.75 Å². The Hall–Kier alpha value is -2.85. The molecule has 1 aromatic carbocycles. The van der Waals surface area contributed by atoms with Gasteiger partial charge in [0.1, 0.15) is 23.4 Å². The van der Waals surface area contributed by atoms with E-state index >= 15 is 0 Å². The number of carboxylic acids is 1. The maximum atomic E-state index is 13.0. The molecule has 2 atom stereocenters. The number of phenolic OH excluding ortho intramolecular Hbond substituents is 1. The molecule has 2 heterocycles. The van der Waals surface area contributed by atoms with E-state index in [1.54, 1.807) is 26.0 Å². The Kier molecular flexibility index (Phi) is 5.91. The third kappa shape index (κ3) is 3.56. The van der Waals surface area contributed by atoms with E-state index in [2.05, 4.69) is 4.99 Å². The Morgan fingerprint density at radius 1 is 1.37 bits per heavy atom. The summed E-state index contributed by atoms with van der Waals surface area (Å²) in [5, 5.41) is 18.9. The monoisotopic (exact) mass is 434 g/mol. The molecule has 0 saturated carbocycles. The van der Waals surface area contributed by atoms with Crippen LogP contribution >= 0.6 is 11.8 Å². The van der Waals surface area contributed by atoms with Gasteiger partial charge in [-0.05, 0) is 42.7 Å². The smallest absolute Gasteiger partial charge is 0.352 e. The zero-order valence-corrected chi connectivity index (χ0v) is 17.8. The molecule has 0 spiro atoms. The third-order valence-corrected chi connectivity index (χ3v) is 6.33. The summed E-state index contributed by atoms with van der Waals surface area (Å²) in [6.45, 7) is 4.54. The SMILES string of the molecule is CO[C@@]1(N=Cc2cc(C)c(O)c(C)c2)C(=O)N2C(C(=O)O)=C(COC(C)=O)CS[C@@H]21. The van der Waals surface area contributed by atoms with Crippen molar-refractivity contribution in [2.24, 2.45) is 4.99 Å². The molecule has 0 aromatic heterocycles. The van der Waals surface area contributed by atoms with Crippen molar-refractivity contribution >= 4 is 35.8 Å². The molecule has 1 amide bonds. The first-order chi connectivity index (χ1) is 14.1. The van der Waals surface area contributed by atoms with Crippen LogP contribution in [-0.2, 0) is 23.9 Å². The number of aryl methyl sites for hydroxylation is 2. The molecule has 0 unspecified atom stereocenters. The lowest BCUT2D eigenvalue weighted by molar-refractivity contribution is -0.182. The number of nitrogens with zero attached hydrogens (tertiary/aromatic N) is 2. The van der Waals surface area contributed by atoms with Gasteiger partial charge in [0.15, 0.2) is 0 Å². The van der Waals surface area contributed by atoms with Crippen LogP contribution < -0.4 is 0 Å². The number of methoxy groups -OCH3 is 1. The molecule has 0 aliphatic carbocycles. The minimum Gasteiger partial charge on any atom is -0.507 e. The zero-order chi connectivity index (χ0) is 22.2. The number of hydrogen-bond acceptors (Lipinski definition) is 8. The van der Waals surface area contributed by atoms with Crippen LogP contribution in [0.2, 0.25) is 0 Å². The lowest BCUT2D eigenvalue weighted by Gasteiger charge is -2.53. The summed E-state index contributed by atoms with van der Waals surface area (Å²) in [6, 6.07) is 3.45. The van der Waals surface area contributed by atoms with Gasteiger partial charge in [0.05, 0.1) is 0 Å². The number of thioether (sulfide) groups is 1. The lowest BCUT2D eigenvalue weighted by Crippen LogP contribution is -2.73. The fourth-order valence-corrected chi connectivity index (χ4v) is 4.88. The van der Waals surface area contributed by atoms with Crippen LogP contribution in [0.25, 0.3) is 0 Å². The van der Waals surface area contributed by atoms with Gasteiger partial charge in [-0.2, -0.15) is 0 Å². The quantitative estimate of drug-likeness (QED) is 0.393. The van der Waals surface area contributed by atoms with Crippen molar-refractivity contribution < 1.29 is 34.1 Å². The summed E-state index contributed by atoms with van der Waals surface area (Å²) in [6.07, 6.45) is 1.48. The Labute approximate surface area is 177 Å². The first kappa shape index (κ1) is 21.8. The fourth-order valence-electron chi connectivity index (χ4n) is 3.47. The van der Waals surface area contributed by atoms with Crippen LogP contribution in [0.4, 0.5) is 0 Å². The number of carbonyl (C=O) groups excluding carboxylic acids is 2. The van der Waals surface area contributed by atoms with E-state index in [4.69, 9.17) is 9.47 Å². The minimum atomic E-state index is -1.56. The van der Waals surface area contributed by atoms with Gasteiger partial charge in [-0.3, -0.25) is 14.5 Å². The molecular weight excluding hydrogens is 412 g/mol. The van der Waals surface area contributed by atoms with Crippen LogP contribution in [0.1, 0.15) is 23.6 Å². The molecule has 2 aliphatic heterocycles. The van der Waals surface area contributed by atoms with Gasteiger partial charge in [0.25, 0.3) is 11.6 Å².